The van der Waals surface area contributed by atoms with E-state index in [4.69, 9.17) is 10.5 Å². The van der Waals surface area contributed by atoms with Crippen LogP contribution in [-0.2, 0) is 6.54 Å². The first kappa shape index (κ1) is 12.7. The molecule has 0 bridgehead atoms. The van der Waals surface area contributed by atoms with Crippen LogP contribution in [0.4, 0.5) is 4.79 Å². The Kier molecular flexibility index (Phi) is 4.00. The van der Waals surface area contributed by atoms with Gasteiger partial charge in [-0.25, -0.2) is 4.79 Å². The minimum Gasteiger partial charge on any atom is -0.480 e. The maximum Gasteiger partial charge on any atom is 0.312 e. The Hall–Kier alpha value is -1.80. The fourth-order valence-electron chi connectivity index (χ4n) is 1.62. The largest absolute Gasteiger partial charge is 0.480 e. The zero-order valence-electron chi connectivity index (χ0n) is 9.97. The number of hydrogen-bond donors (Lipinski definition) is 3. The van der Waals surface area contributed by atoms with E-state index in [2.05, 4.69) is 15.6 Å². The number of ether oxygens (including phenoxy) is 1. The number of carbonyl (C=O) groups excluding carboxylic acids is 1. The number of carbonyl (C=O) groups is 1. The molecule has 7 nitrogen and oxygen atoms in total. The van der Waals surface area contributed by atoms with Gasteiger partial charge in [0.15, 0.2) is 4.96 Å². The number of imidazole rings is 1. The monoisotopic (exact) mass is 269 g/mol. The van der Waals surface area contributed by atoms with Crippen molar-refractivity contribution in [2.45, 2.75) is 6.54 Å². The van der Waals surface area contributed by atoms with Gasteiger partial charge < -0.3 is 21.1 Å². The standard InChI is InChI=1S/C10H15N5O2S/c1-17-8-7(6-12-2-3-13-9(11)16)15-4-5-18-10(15)14-8/h4-5,12H,2-3,6H2,1H3,(H3,11,13,16). The van der Waals surface area contributed by atoms with Crippen LogP contribution in [0.2, 0.25) is 0 Å². The molecular formula is C10H15N5O2S. The third-order valence-corrected chi connectivity index (χ3v) is 3.17. The smallest absolute Gasteiger partial charge is 0.312 e. The van der Waals surface area contributed by atoms with Gasteiger partial charge >= 0.3 is 6.03 Å². The molecular weight excluding hydrogens is 254 g/mol. The molecule has 2 amide bonds. The lowest BCUT2D eigenvalue weighted by Gasteiger charge is -2.06. The Labute approximate surface area is 108 Å². The molecule has 0 saturated carbocycles. The summed E-state index contributed by atoms with van der Waals surface area (Å²) in [6.45, 7) is 1.73. The molecule has 2 aromatic heterocycles. The van der Waals surface area contributed by atoms with Crippen molar-refractivity contribution in [2.75, 3.05) is 20.2 Å². The number of methoxy groups -OCH3 is 1. The SMILES string of the molecule is COc1nc2sccn2c1CNCCNC(N)=O. The van der Waals surface area contributed by atoms with Crippen molar-refractivity contribution in [3.05, 3.63) is 17.3 Å². The lowest BCUT2D eigenvalue weighted by Crippen LogP contribution is -2.35. The van der Waals surface area contributed by atoms with Crippen molar-refractivity contribution in [3.63, 3.8) is 0 Å². The highest BCUT2D eigenvalue weighted by atomic mass is 32.1. The summed E-state index contributed by atoms with van der Waals surface area (Å²) in [7, 11) is 1.60. The van der Waals surface area contributed by atoms with E-state index in [9.17, 15) is 4.79 Å². The number of fused-ring (bicyclic) bond motifs is 1. The van der Waals surface area contributed by atoms with Gasteiger partial charge in [-0.2, -0.15) is 4.98 Å². The summed E-state index contributed by atoms with van der Waals surface area (Å²) in [5.41, 5.74) is 5.93. The number of primary amides is 1. The summed E-state index contributed by atoms with van der Waals surface area (Å²) < 4.78 is 7.21. The van der Waals surface area contributed by atoms with Crippen molar-refractivity contribution >= 4 is 22.3 Å². The number of rotatable bonds is 6. The van der Waals surface area contributed by atoms with Gasteiger partial charge in [0.1, 0.15) is 5.69 Å². The van der Waals surface area contributed by atoms with Crippen molar-refractivity contribution < 1.29 is 9.53 Å². The van der Waals surface area contributed by atoms with Gasteiger partial charge in [-0.3, -0.25) is 4.40 Å². The van der Waals surface area contributed by atoms with E-state index in [-0.39, 0.29) is 0 Å². The third-order valence-electron chi connectivity index (χ3n) is 2.41. The zero-order chi connectivity index (χ0) is 13.0. The van der Waals surface area contributed by atoms with Crippen LogP contribution in [0.5, 0.6) is 5.88 Å². The van der Waals surface area contributed by atoms with Gasteiger partial charge in [0.05, 0.1) is 7.11 Å². The average Bonchev–Trinajstić information content (AvgIpc) is 2.89. The van der Waals surface area contributed by atoms with Gasteiger partial charge in [0, 0.05) is 31.2 Å². The first-order valence-corrected chi connectivity index (χ1v) is 6.32. The summed E-state index contributed by atoms with van der Waals surface area (Å²) in [6, 6.07) is -0.515. The molecule has 4 N–H and O–H groups in total. The zero-order valence-corrected chi connectivity index (χ0v) is 10.8. The van der Waals surface area contributed by atoms with Crippen LogP contribution in [0.25, 0.3) is 4.96 Å². The number of nitrogens with two attached hydrogens (primary N) is 1. The summed E-state index contributed by atoms with van der Waals surface area (Å²) in [5.74, 6) is 0.622. The lowest BCUT2D eigenvalue weighted by molar-refractivity contribution is 0.249. The van der Waals surface area contributed by atoms with Crippen molar-refractivity contribution in [1.82, 2.24) is 20.0 Å². The number of nitrogens with one attached hydrogen (secondary N) is 2. The highest BCUT2D eigenvalue weighted by Crippen LogP contribution is 2.22. The molecule has 0 aliphatic rings. The van der Waals surface area contributed by atoms with Crippen LogP contribution in [0, 0.1) is 0 Å². The predicted octanol–water partition coefficient (Wildman–Crippen LogP) is 0.162. The van der Waals surface area contributed by atoms with Crippen LogP contribution in [0.3, 0.4) is 0 Å². The number of urea groups is 1. The minimum absolute atomic E-state index is 0.489. The molecule has 0 atom stereocenters. The van der Waals surface area contributed by atoms with Crippen LogP contribution in [0.15, 0.2) is 11.6 Å². The molecule has 2 rings (SSSR count). The quantitative estimate of drug-likeness (QED) is 0.651. The molecule has 0 spiro atoms. The molecule has 2 aromatic rings. The van der Waals surface area contributed by atoms with E-state index < -0.39 is 6.03 Å². The van der Waals surface area contributed by atoms with Crippen LogP contribution >= 0.6 is 11.3 Å². The maximum atomic E-state index is 10.5. The van der Waals surface area contributed by atoms with E-state index >= 15 is 0 Å². The number of nitrogens with zero attached hydrogens (tertiary/aromatic N) is 2. The van der Waals surface area contributed by atoms with Crippen LogP contribution in [0.1, 0.15) is 5.69 Å². The van der Waals surface area contributed by atoms with E-state index in [1.807, 2.05) is 16.0 Å². The van der Waals surface area contributed by atoms with Gasteiger partial charge in [-0.15, -0.1) is 11.3 Å². The highest BCUT2D eigenvalue weighted by Gasteiger charge is 2.12. The summed E-state index contributed by atoms with van der Waals surface area (Å²) in [6.07, 6.45) is 1.95. The summed E-state index contributed by atoms with van der Waals surface area (Å²) >= 11 is 1.56. The molecule has 8 heteroatoms. The Morgan fingerprint density at radius 1 is 1.61 bits per heavy atom. The number of amides is 2. The Morgan fingerprint density at radius 3 is 3.17 bits per heavy atom. The van der Waals surface area contributed by atoms with E-state index in [1.54, 1.807) is 18.4 Å². The van der Waals surface area contributed by atoms with Gasteiger partial charge in [-0.05, 0) is 0 Å². The number of aromatic nitrogens is 2. The van der Waals surface area contributed by atoms with E-state index in [0.717, 1.165) is 10.7 Å². The molecule has 0 saturated heterocycles. The lowest BCUT2D eigenvalue weighted by atomic mass is 10.4. The van der Waals surface area contributed by atoms with Gasteiger partial charge in [0.2, 0.25) is 5.88 Å². The van der Waals surface area contributed by atoms with Crippen molar-refractivity contribution in [1.29, 1.82) is 0 Å². The Balaban J connectivity index is 1.93. The van der Waals surface area contributed by atoms with Crippen molar-refractivity contribution in [2.24, 2.45) is 5.73 Å². The molecule has 0 unspecified atom stereocenters. The second kappa shape index (κ2) is 5.69. The molecule has 0 aliphatic carbocycles. The first-order valence-electron chi connectivity index (χ1n) is 5.45. The fourth-order valence-corrected chi connectivity index (χ4v) is 2.34. The summed E-state index contributed by atoms with van der Waals surface area (Å²) in [4.78, 5) is 15.7. The van der Waals surface area contributed by atoms with Gasteiger partial charge in [0.25, 0.3) is 0 Å². The fraction of sp³-hybridized carbons (Fsp3) is 0.400. The number of thiazole rings is 1. The average molecular weight is 269 g/mol. The van der Waals surface area contributed by atoms with Crippen LogP contribution < -0.4 is 21.1 Å². The molecule has 2 heterocycles. The number of hydrogen-bond acceptors (Lipinski definition) is 5. The molecule has 98 valence electrons. The molecule has 0 aromatic carbocycles. The van der Waals surface area contributed by atoms with E-state index in [0.29, 0.717) is 25.5 Å². The second-order valence-corrected chi connectivity index (χ2v) is 4.46. The van der Waals surface area contributed by atoms with Crippen LogP contribution in [-0.4, -0.2) is 35.6 Å². The third kappa shape index (κ3) is 2.71. The molecule has 0 fully saturated rings. The molecule has 18 heavy (non-hydrogen) atoms. The van der Waals surface area contributed by atoms with Gasteiger partial charge in [-0.1, -0.05) is 0 Å². The maximum absolute atomic E-state index is 10.5. The van der Waals surface area contributed by atoms with Crippen molar-refractivity contribution in [3.8, 4) is 5.88 Å². The highest BCUT2D eigenvalue weighted by molar-refractivity contribution is 7.15. The predicted molar refractivity (Wildman–Crippen MR) is 68.9 cm³/mol. The molecule has 0 radical (unpaired) electrons. The van der Waals surface area contributed by atoms with E-state index in [1.165, 1.54) is 0 Å². The Bertz CT molecular complexity index is 535. The molecule has 0 aliphatic heterocycles. The minimum atomic E-state index is -0.515. The Morgan fingerprint density at radius 2 is 2.44 bits per heavy atom. The topological polar surface area (TPSA) is 93.7 Å². The first-order chi connectivity index (χ1) is 8.72. The summed E-state index contributed by atoms with van der Waals surface area (Å²) in [5, 5.41) is 7.68. The second-order valence-electron chi connectivity index (χ2n) is 3.59. The normalized spacial score (nSPS) is 10.7.